The van der Waals surface area contributed by atoms with Crippen LogP contribution in [-0.2, 0) is 4.74 Å². The van der Waals surface area contributed by atoms with E-state index in [0.29, 0.717) is 12.4 Å². The van der Waals surface area contributed by atoms with Crippen LogP contribution in [0.5, 0.6) is 0 Å². The van der Waals surface area contributed by atoms with Crippen LogP contribution in [0.2, 0.25) is 0 Å². The molecule has 4 aromatic rings. The first-order valence-corrected chi connectivity index (χ1v) is 11.5. The molecule has 1 saturated heterocycles. The lowest BCUT2D eigenvalue weighted by molar-refractivity contribution is 0.0130. The van der Waals surface area contributed by atoms with Crippen LogP contribution in [0, 0.1) is 6.92 Å². The highest BCUT2D eigenvalue weighted by Gasteiger charge is 2.31. The Hall–Kier alpha value is -3.55. The van der Waals surface area contributed by atoms with Crippen LogP contribution in [0.3, 0.4) is 0 Å². The highest BCUT2D eigenvalue weighted by atomic mass is 16.6. The first-order chi connectivity index (χ1) is 15.8. The molecule has 1 amide bonds. The van der Waals surface area contributed by atoms with Crippen LogP contribution in [0.15, 0.2) is 42.7 Å². The summed E-state index contributed by atoms with van der Waals surface area (Å²) >= 11 is 0. The van der Waals surface area contributed by atoms with Gasteiger partial charge in [-0.25, -0.2) is 14.3 Å². The monoisotopic (exact) mass is 446 g/mol. The fourth-order valence-corrected chi connectivity index (χ4v) is 4.45. The van der Waals surface area contributed by atoms with Crippen LogP contribution in [0.1, 0.15) is 45.7 Å². The third kappa shape index (κ3) is 4.25. The maximum absolute atomic E-state index is 12.9. The molecule has 0 spiro atoms. The second-order valence-electron chi connectivity index (χ2n) is 9.67. The van der Waals surface area contributed by atoms with Gasteiger partial charge in [-0.15, -0.1) is 5.10 Å². The van der Waals surface area contributed by atoms with Crippen molar-refractivity contribution in [2.75, 3.05) is 11.9 Å². The molecule has 0 radical (unpaired) electrons. The van der Waals surface area contributed by atoms with Crippen LogP contribution in [0.4, 0.5) is 10.6 Å². The number of likely N-dealkylation sites (tertiary alicyclic amines) is 1. The number of carbonyl (C=O) groups is 1. The minimum atomic E-state index is -0.535. The van der Waals surface area contributed by atoms with Crippen molar-refractivity contribution in [2.45, 2.75) is 58.7 Å². The number of imidazole rings is 1. The molecular weight excluding hydrogens is 416 g/mol. The summed E-state index contributed by atoms with van der Waals surface area (Å²) in [5, 5.41) is 9.40. The summed E-state index contributed by atoms with van der Waals surface area (Å²) in [6.07, 6.45) is 6.30. The van der Waals surface area contributed by atoms with E-state index >= 15 is 0 Å². The van der Waals surface area contributed by atoms with Crippen molar-refractivity contribution in [3.8, 4) is 11.1 Å². The molecule has 3 aromatic heterocycles. The average molecular weight is 447 g/mol. The van der Waals surface area contributed by atoms with Gasteiger partial charge in [0.1, 0.15) is 17.6 Å². The fraction of sp³-hybridized carbons (Fsp3) is 0.400. The number of aryl methyl sites for hydroxylation is 1. The second-order valence-corrected chi connectivity index (χ2v) is 9.67. The summed E-state index contributed by atoms with van der Waals surface area (Å²) in [4.78, 5) is 22.7. The lowest BCUT2D eigenvalue weighted by Gasteiger charge is -2.37. The molecule has 1 aromatic carbocycles. The van der Waals surface area contributed by atoms with E-state index in [1.165, 1.54) is 0 Å². The summed E-state index contributed by atoms with van der Waals surface area (Å²) in [6.45, 7) is 8.30. The number of H-pyrrole nitrogens is 1. The Bertz CT molecular complexity index is 1320. The molecule has 1 unspecified atom stereocenters. The topological polar surface area (TPSA) is 87.5 Å². The number of anilines is 1. The Morgan fingerprint density at radius 2 is 2.03 bits per heavy atom. The number of rotatable bonds is 3. The van der Waals surface area contributed by atoms with E-state index < -0.39 is 5.60 Å². The summed E-state index contributed by atoms with van der Waals surface area (Å²) in [5.74, 6) is 0.695. The number of hydrogen-bond donors (Lipinski definition) is 2. The van der Waals surface area contributed by atoms with Crippen molar-refractivity contribution in [3.63, 3.8) is 0 Å². The molecule has 2 N–H and O–H groups in total. The third-order valence-corrected chi connectivity index (χ3v) is 5.87. The van der Waals surface area contributed by atoms with Crippen molar-refractivity contribution < 1.29 is 9.53 Å². The molecule has 1 atom stereocenters. The van der Waals surface area contributed by atoms with Crippen LogP contribution >= 0.6 is 0 Å². The number of para-hydroxylation sites is 1. The van der Waals surface area contributed by atoms with Gasteiger partial charge >= 0.3 is 6.09 Å². The Labute approximate surface area is 192 Å². The number of aromatic amines is 1. The molecule has 1 aliphatic rings. The number of aromatic nitrogens is 4. The molecule has 5 rings (SSSR count). The predicted octanol–water partition coefficient (Wildman–Crippen LogP) is 5.35. The standard InChI is InChI=1S/C25H30N6O2/c1-16-15-31-23(27-16)18(19-14-26-20-10-6-5-9-17(19)20)13-21(29-31)28-22-11-7-8-12-30(22)24(32)33-25(2,3)4/h5-6,9-10,13-15,22,26H,7-8,11-12H2,1-4H3,(H,28,29). The zero-order valence-electron chi connectivity index (χ0n) is 19.6. The van der Waals surface area contributed by atoms with E-state index in [1.54, 1.807) is 4.90 Å². The second kappa shape index (κ2) is 8.10. The zero-order chi connectivity index (χ0) is 23.2. The van der Waals surface area contributed by atoms with E-state index in [-0.39, 0.29) is 12.3 Å². The first-order valence-electron chi connectivity index (χ1n) is 11.5. The maximum atomic E-state index is 12.9. The Morgan fingerprint density at radius 1 is 1.21 bits per heavy atom. The minimum Gasteiger partial charge on any atom is -0.444 e. The van der Waals surface area contributed by atoms with Gasteiger partial charge in [0.15, 0.2) is 5.65 Å². The average Bonchev–Trinajstić information content (AvgIpc) is 3.35. The van der Waals surface area contributed by atoms with Gasteiger partial charge in [0.05, 0.1) is 11.9 Å². The van der Waals surface area contributed by atoms with Gasteiger partial charge in [-0.05, 0) is 59.1 Å². The number of fused-ring (bicyclic) bond motifs is 2. The number of nitrogens with zero attached hydrogens (tertiary/aromatic N) is 4. The molecular formula is C25H30N6O2. The van der Waals surface area contributed by atoms with Crippen molar-refractivity contribution in [1.82, 2.24) is 24.5 Å². The minimum absolute atomic E-state index is 0.181. The van der Waals surface area contributed by atoms with Gasteiger partial charge in [-0.1, -0.05) is 18.2 Å². The lowest BCUT2D eigenvalue weighted by atomic mass is 10.1. The SMILES string of the molecule is Cc1cn2nc(NC3CCCCN3C(=O)OC(C)(C)C)cc(-c3c[nH]c4ccccc34)c2n1. The molecule has 0 aliphatic carbocycles. The molecule has 1 aliphatic heterocycles. The van der Waals surface area contributed by atoms with Gasteiger partial charge in [0.2, 0.25) is 0 Å². The number of piperidine rings is 1. The first kappa shape index (κ1) is 21.3. The highest BCUT2D eigenvalue weighted by Crippen LogP contribution is 2.33. The number of carbonyl (C=O) groups excluding carboxylic acids is 1. The number of nitrogens with one attached hydrogen (secondary N) is 2. The van der Waals surface area contributed by atoms with E-state index in [2.05, 4.69) is 22.4 Å². The lowest BCUT2D eigenvalue weighted by Crippen LogP contribution is -2.49. The van der Waals surface area contributed by atoms with E-state index in [9.17, 15) is 4.79 Å². The molecule has 33 heavy (non-hydrogen) atoms. The van der Waals surface area contributed by atoms with Crippen LogP contribution in [0.25, 0.3) is 27.7 Å². The number of benzene rings is 1. The molecule has 8 nitrogen and oxygen atoms in total. The summed E-state index contributed by atoms with van der Waals surface area (Å²) in [7, 11) is 0. The van der Waals surface area contributed by atoms with Gasteiger partial charge in [-0.3, -0.25) is 4.90 Å². The van der Waals surface area contributed by atoms with Crippen molar-refractivity contribution in [3.05, 3.63) is 48.4 Å². The molecule has 8 heteroatoms. The quantitative estimate of drug-likeness (QED) is 0.443. The predicted molar refractivity (Wildman–Crippen MR) is 129 cm³/mol. The summed E-state index contributed by atoms with van der Waals surface area (Å²) < 4.78 is 7.47. The number of hydrogen-bond acceptors (Lipinski definition) is 5. The highest BCUT2D eigenvalue weighted by molar-refractivity contribution is 5.99. The summed E-state index contributed by atoms with van der Waals surface area (Å²) in [5.41, 5.74) is 4.29. The Morgan fingerprint density at radius 3 is 2.85 bits per heavy atom. The molecule has 1 fully saturated rings. The fourth-order valence-electron chi connectivity index (χ4n) is 4.45. The normalized spacial score (nSPS) is 17.0. The summed E-state index contributed by atoms with van der Waals surface area (Å²) in [6, 6.07) is 10.3. The molecule has 0 saturated carbocycles. The van der Waals surface area contributed by atoms with Crippen molar-refractivity contribution in [2.24, 2.45) is 0 Å². The Kier molecular flexibility index (Phi) is 5.23. The molecule has 172 valence electrons. The van der Waals surface area contributed by atoms with Crippen molar-refractivity contribution in [1.29, 1.82) is 0 Å². The maximum Gasteiger partial charge on any atom is 0.411 e. The molecule has 4 heterocycles. The van der Waals surface area contributed by atoms with Gasteiger partial charge in [-0.2, -0.15) is 0 Å². The third-order valence-electron chi connectivity index (χ3n) is 5.87. The van der Waals surface area contributed by atoms with Crippen molar-refractivity contribution >= 4 is 28.5 Å². The van der Waals surface area contributed by atoms with E-state index in [1.807, 2.05) is 62.8 Å². The van der Waals surface area contributed by atoms with E-state index in [0.717, 1.165) is 52.6 Å². The van der Waals surface area contributed by atoms with Gasteiger partial charge in [0, 0.05) is 34.8 Å². The number of amides is 1. The largest absolute Gasteiger partial charge is 0.444 e. The van der Waals surface area contributed by atoms with Crippen LogP contribution in [-0.4, -0.2) is 48.9 Å². The zero-order valence-corrected chi connectivity index (χ0v) is 19.6. The molecule has 0 bridgehead atoms. The smallest absolute Gasteiger partial charge is 0.411 e. The number of ether oxygens (including phenoxy) is 1. The van der Waals surface area contributed by atoms with Crippen LogP contribution < -0.4 is 5.32 Å². The Balaban J connectivity index is 1.53. The van der Waals surface area contributed by atoms with Gasteiger partial charge in [0.25, 0.3) is 0 Å². The van der Waals surface area contributed by atoms with Gasteiger partial charge < -0.3 is 15.0 Å². The van der Waals surface area contributed by atoms with E-state index in [4.69, 9.17) is 14.8 Å².